The molecule has 38 heavy (non-hydrogen) atoms. The van der Waals surface area contributed by atoms with Crippen molar-refractivity contribution in [2.45, 2.75) is 19.4 Å². The Balaban J connectivity index is 1.60. The number of hydrogen-bond acceptors (Lipinski definition) is 9. The van der Waals surface area contributed by atoms with Gasteiger partial charge in [0.15, 0.2) is 11.5 Å². The molecule has 0 saturated carbocycles. The van der Waals surface area contributed by atoms with Gasteiger partial charge in [-0.25, -0.2) is 14.3 Å². The number of aryl methyl sites for hydroxylation is 1. The summed E-state index contributed by atoms with van der Waals surface area (Å²) in [4.78, 5) is 49.9. The van der Waals surface area contributed by atoms with Gasteiger partial charge in [-0.2, -0.15) is 5.10 Å². The molecule has 12 heteroatoms. The smallest absolute Gasteiger partial charge is 0.337 e. The molecule has 2 heterocycles. The molecular weight excluding hydrogens is 496 g/mol. The average Bonchev–Trinajstić information content (AvgIpc) is 3.39. The van der Waals surface area contributed by atoms with Gasteiger partial charge in [0, 0.05) is 11.3 Å². The molecular formula is C26H26N4O8. The predicted molar refractivity (Wildman–Crippen MR) is 136 cm³/mol. The van der Waals surface area contributed by atoms with Gasteiger partial charge in [-0.15, -0.1) is 0 Å². The molecule has 198 valence electrons. The van der Waals surface area contributed by atoms with Crippen molar-refractivity contribution < 1.29 is 38.1 Å². The summed E-state index contributed by atoms with van der Waals surface area (Å²) >= 11 is 0. The first kappa shape index (κ1) is 26.2. The molecule has 1 aliphatic heterocycles. The monoisotopic (exact) mass is 522 g/mol. The van der Waals surface area contributed by atoms with Gasteiger partial charge in [0.1, 0.15) is 11.9 Å². The van der Waals surface area contributed by atoms with Crippen molar-refractivity contribution >= 4 is 35.3 Å². The molecule has 2 N–H and O–H groups in total. The van der Waals surface area contributed by atoms with Crippen molar-refractivity contribution in [3.8, 4) is 22.6 Å². The Hall–Kier alpha value is -4.87. The van der Waals surface area contributed by atoms with Gasteiger partial charge in [0.05, 0.1) is 51.7 Å². The van der Waals surface area contributed by atoms with Crippen molar-refractivity contribution in [2.24, 2.45) is 0 Å². The minimum atomic E-state index is -0.915. The maximum atomic E-state index is 12.9. The molecule has 1 aromatic heterocycles. The number of nitrogens with one attached hydrogen (secondary N) is 2. The number of methoxy groups -OCH3 is 4. The van der Waals surface area contributed by atoms with Gasteiger partial charge in [-0.05, 0) is 42.8 Å². The minimum absolute atomic E-state index is 0.0499. The van der Waals surface area contributed by atoms with Crippen LogP contribution in [0.2, 0.25) is 0 Å². The van der Waals surface area contributed by atoms with Gasteiger partial charge < -0.3 is 29.6 Å². The van der Waals surface area contributed by atoms with Gasteiger partial charge in [-0.1, -0.05) is 6.07 Å². The van der Waals surface area contributed by atoms with E-state index >= 15 is 0 Å². The first-order chi connectivity index (χ1) is 18.2. The van der Waals surface area contributed by atoms with E-state index in [0.717, 1.165) is 5.56 Å². The molecule has 1 atom stereocenters. The normalized spacial score (nSPS) is 13.8. The number of carbonyl (C=O) groups excluding carboxylic acids is 4. The summed E-state index contributed by atoms with van der Waals surface area (Å²) in [5.74, 6) is -0.785. The Kier molecular flexibility index (Phi) is 7.33. The molecule has 0 fully saturated rings. The van der Waals surface area contributed by atoms with Gasteiger partial charge in [-0.3, -0.25) is 9.59 Å². The molecule has 0 saturated heterocycles. The number of amides is 2. The molecule has 2 aromatic carbocycles. The van der Waals surface area contributed by atoms with Crippen LogP contribution >= 0.6 is 0 Å². The fraction of sp³-hybridized carbons (Fsp3) is 0.269. The highest BCUT2D eigenvalue weighted by Crippen LogP contribution is 2.41. The standard InChI is InChI=1S/C26H26N4O8/c1-13-22(14-6-7-19(35-2)20(11-14)36-3)23-28-24(32)18(30(23)29-13)12-21(31)27-17-9-15(25(33)37-4)8-16(10-17)26(34)38-5/h6-11,18H,12H2,1-5H3,(H,27,31)(H,28,32). The van der Waals surface area contributed by atoms with Crippen molar-refractivity contribution in [1.82, 2.24) is 9.78 Å². The Morgan fingerprint density at radius 3 is 2.16 bits per heavy atom. The third kappa shape index (κ3) is 4.88. The molecule has 0 bridgehead atoms. The fourth-order valence-corrected chi connectivity index (χ4v) is 4.28. The van der Waals surface area contributed by atoms with Crippen LogP contribution in [0.15, 0.2) is 36.4 Å². The lowest BCUT2D eigenvalue weighted by molar-refractivity contribution is -0.123. The number of hydrogen-bond donors (Lipinski definition) is 2. The highest BCUT2D eigenvalue weighted by molar-refractivity contribution is 6.05. The van der Waals surface area contributed by atoms with E-state index in [1.807, 2.05) is 6.07 Å². The van der Waals surface area contributed by atoms with E-state index in [9.17, 15) is 19.2 Å². The maximum absolute atomic E-state index is 12.9. The van der Waals surface area contributed by atoms with Crippen LogP contribution in [0.1, 0.15) is 38.9 Å². The van der Waals surface area contributed by atoms with E-state index in [2.05, 4.69) is 15.7 Å². The van der Waals surface area contributed by atoms with Crippen LogP contribution in [0.4, 0.5) is 11.5 Å². The van der Waals surface area contributed by atoms with Gasteiger partial charge in [0.25, 0.3) is 5.91 Å². The molecule has 12 nitrogen and oxygen atoms in total. The molecule has 1 unspecified atom stereocenters. The highest BCUT2D eigenvalue weighted by atomic mass is 16.5. The molecule has 0 aliphatic carbocycles. The average molecular weight is 523 g/mol. The number of aromatic nitrogens is 2. The SMILES string of the molecule is COC(=O)c1cc(NC(=O)CC2C(=O)Nc3c(-c4ccc(OC)c(OC)c4)c(C)nn32)cc(C(=O)OC)c1. The van der Waals surface area contributed by atoms with E-state index < -0.39 is 29.8 Å². The summed E-state index contributed by atoms with van der Waals surface area (Å²) in [6.07, 6.45) is -0.249. The molecule has 0 spiro atoms. The minimum Gasteiger partial charge on any atom is -0.493 e. The third-order valence-electron chi connectivity index (χ3n) is 6.03. The second-order valence-electron chi connectivity index (χ2n) is 8.36. The predicted octanol–water partition coefficient (Wildman–Crippen LogP) is 2.97. The Morgan fingerprint density at radius 2 is 1.58 bits per heavy atom. The van der Waals surface area contributed by atoms with E-state index in [0.29, 0.717) is 28.6 Å². The summed E-state index contributed by atoms with van der Waals surface area (Å²) in [5, 5.41) is 9.97. The number of esters is 2. The fourth-order valence-electron chi connectivity index (χ4n) is 4.28. The van der Waals surface area contributed by atoms with E-state index in [1.54, 1.807) is 19.1 Å². The van der Waals surface area contributed by atoms with Crippen molar-refractivity contribution in [1.29, 1.82) is 0 Å². The summed E-state index contributed by atoms with van der Waals surface area (Å²) in [6.45, 7) is 1.80. The number of nitrogens with zero attached hydrogens (tertiary/aromatic N) is 2. The molecule has 1 aliphatic rings. The van der Waals surface area contributed by atoms with Crippen molar-refractivity contribution in [3.05, 3.63) is 53.2 Å². The zero-order chi connectivity index (χ0) is 27.6. The first-order valence-corrected chi connectivity index (χ1v) is 11.4. The Bertz CT molecular complexity index is 1410. The molecule has 0 radical (unpaired) electrons. The second-order valence-corrected chi connectivity index (χ2v) is 8.36. The zero-order valence-electron chi connectivity index (χ0n) is 21.4. The zero-order valence-corrected chi connectivity index (χ0v) is 21.4. The Morgan fingerprint density at radius 1 is 0.947 bits per heavy atom. The Labute approximate surface area is 217 Å². The quantitative estimate of drug-likeness (QED) is 0.426. The van der Waals surface area contributed by atoms with Crippen LogP contribution in [-0.2, 0) is 19.1 Å². The van der Waals surface area contributed by atoms with E-state index in [-0.39, 0.29) is 23.2 Å². The first-order valence-electron chi connectivity index (χ1n) is 11.4. The largest absolute Gasteiger partial charge is 0.493 e. The third-order valence-corrected chi connectivity index (χ3v) is 6.03. The number of fused-ring (bicyclic) bond motifs is 1. The van der Waals surface area contributed by atoms with E-state index in [4.69, 9.17) is 18.9 Å². The van der Waals surface area contributed by atoms with Crippen LogP contribution in [0.25, 0.3) is 11.1 Å². The number of carbonyl (C=O) groups is 4. The van der Waals surface area contributed by atoms with Crippen molar-refractivity contribution in [2.75, 3.05) is 39.1 Å². The lowest BCUT2D eigenvalue weighted by Gasteiger charge is -2.12. The maximum Gasteiger partial charge on any atom is 0.337 e. The molecule has 3 aromatic rings. The number of rotatable bonds is 8. The van der Waals surface area contributed by atoms with Crippen LogP contribution in [0, 0.1) is 6.92 Å². The topological polar surface area (TPSA) is 147 Å². The van der Waals surface area contributed by atoms with Crippen molar-refractivity contribution in [3.63, 3.8) is 0 Å². The summed E-state index contributed by atoms with van der Waals surface area (Å²) in [5.41, 5.74) is 2.35. The number of benzene rings is 2. The van der Waals surface area contributed by atoms with Crippen LogP contribution in [0.3, 0.4) is 0 Å². The lowest BCUT2D eigenvalue weighted by atomic mass is 10.1. The highest BCUT2D eigenvalue weighted by Gasteiger charge is 2.36. The van der Waals surface area contributed by atoms with Gasteiger partial charge >= 0.3 is 11.9 Å². The molecule has 2 amide bonds. The van der Waals surface area contributed by atoms with Crippen LogP contribution < -0.4 is 20.1 Å². The number of ether oxygens (including phenoxy) is 4. The van der Waals surface area contributed by atoms with E-state index in [1.165, 1.54) is 51.3 Å². The van der Waals surface area contributed by atoms with Gasteiger partial charge in [0.2, 0.25) is 5.91 Å². The second kappa shape index (κ2) is 10.6. The summed E-state index contributed by atoms with van der Waals surface area (Å²) in [6, 6.07) is 8.47. The van der Waals surface area contributed by atoms with Crippen LogP contribution in [-0.4, -0.2) is 62.0 Å². The summed E-state index contributed by atoms with van der Waals surface area (Å²) < 4.78 is 21.6. The van der Waals surface area contributed by atoms with Crippen LogP contribution in [0.5, 0.6) is 11.5 Å². The molecule has 4 rings (SSSR count). The lowest BCUT2D eigenvalue weighted by Crippen LogP contribution is -2.24. The summed E-state index contributed by atoms with van der Waals surface area (Å²) in [7, 11) is 5.47. The number of anilines is 2.